The van der Waals surface area contributed by atoms with E-state index in [9.17, 15) is 9.59 Å². The SMILES string of the molecule is CCCN(Cc1nnc(-c2cccs2)o1)C(=O)COC(=O)CC1CC2CCC1C2. The van der Waals surface area contributed by atoms with Gasteiger partial charge in [-0.05, 0) is 54.9 Å². The van der Waals surface area contributed by atoms with Crippen LogP contribution in [-0.4, -0.2) is 40.1 Å². The van der Waals surface area contributed by atoms with Crippen molar-refractivity contribution in [2.45, 2.75) is 52.0 Å². The molecule has 4 rings (SSSR count). The van der Waals surface area contributed by atoms with Crippen LogP contribution in [0.5, 0.6) is 0 Å². The minimum atomic E-state index is -0.259. The molecule has 7 nitrogen and oxygen atoms in total. The van der Waals surface area contributed by atoms with Gasteiger partial charge >= 0.3 is 5.97 Å². The second-order valence-corrected chi connectivity index (χ2v) is 9.04. The zero-order valence-corrected chi connectivity index (χ0v) is 17.5. The number of carbonyl (C=O) groups is 2. The van der Waals surface area contributed by atoms with Gasteiger partial charge in [-0.15, -0.1) is 21.5 Å². The van der Waals surface area contributed by atoms with Crippen LogP contribution in [0.15, 0.2) is 21.9 Å². The molecule has 1 amide bonds. The Labute approximate surface area is 174 Å². The zero-order valence-electron chi connectivity index (χ0n) is 16.7. The van der Waals surface area contributed by atoms with Crippen molar-refractivity contribution in [3.63, 3.8) is 0 Å². The Morgan fingerprint density at radius 3 is 2.90 bits per heavy atom. The minimum absolute atomic E-state index is 0.217. The highest BCUT2D eigenvalue weighted by atomic mass is 32.1. The summed E-state index contributed by atoms with van der Waals surface area (Å²) in [5.41, 5.74) is 0. The van der Waals surface area contributed by atoms with E-state index in [4.69, 9.17) is 9.15 Å². The molecular formula is C21H27N3O4S. The highest BCUT2D eigenvalue weighted by molar-refractivity contribution is 7.13. The summed E-state index contributed by atoms with van der Waals surface area (Å²) < 4.78 is 11.0. The van der Waals surface area contributed by atoms with Crippen LogP contribution in [0.4, 0.5) is 0 Å². The third-order valence-electron chi connectivity index (χ3n) is 6.04. The number of aromatic nitrogens is 2. The zero-order chi connectivity index (χ0) is 20.2. The summed E-state index contributed by atoms with van der Waals surface area (Å²) in [7, 11) is 0. The summed E-state index contributed by atoms with van der Waals surface area (Å²) in [5, 5.41) is 10.0. The smallest absolute Gasteiger partial charge is 0.306 e. The minimum Gasteiger partial charge on any atom is -0.456 e. The molecule has 0 radical (unpaired) electrons. The van der Waals surface area contributed by atoms with Gasteiger partial charge in [0, 0.05) is 13.0 Å². The Hall–Kier alpha value is -2.22. The fraction of sp³-hybridized carbons (Fsp3) is 0.619. The molecule has 2 aromatic heterocycles. The molecule has 2 saturated carbocycles. The van der Waals surface area contributed by atoms with Crippen LogP contribution in [0, 0.1) is 17.8 Å². The van der Waals surface area contributed by atoms with Crippen molar-refractivity contribution < 1.29 is 18.7 Å². The van der Waals surface area contributed by atoms with Crippen molar-refractivity contribution in [2.24, 2.45) is 17.8 Å². The van der Waals surface area contributed by atoms with E-state index in [0.29, 0.717) is 36.6 Å². The van der Waals surface area contributed by atoms with Gasteiger partial charge in [-0.2, -0.15) is 0 Å². The van der Waals surface area contributed by atoms with Crippen molar-refractivity contribution in [3.8, 4) is 10.8 Å². The van der Waals surface area contributed by atoms with Gasteiger partial charge in [0.1, 0.15) is 0 Å². The number of rotatable bonds is 9. The van der Waals surface area contributed by atoms with E-state index < -0.39 is 0 Å². The number of carbonyl (C=O) groups excluding carboxylic acids is 2. The van der Waals surface area contributed by atoms with Gasteiger partial charge in [-0.25, -0.2) is 0 Å². The molecule has 2 aliphatic carbocycles. The average Bonchev–Trinajstić information content (AvgIpc) is 3.50. The summed E-state index contributed by atoms with van der Waals surface area (Å²) in [6.07, 6.45) is 6.18. The monoisotopic (exact) mass is 417 g/mol. The lowest BCUT2D eigenvalue weighted by molar-refractivity contribution is -0.153. The van der Waals surface area contributed by atoms with E-state index in [1.165, 1.54) is 30.6 Å². The quantitative estimate of drug-likeness (QED) is 0.575. The van der Waals surface area contributed by atoms with Crippen LogP contribution in [-0.2, 0) is 20.9 Å². The van der Waals surface area contributed by atoms with Crippen LogP contribution < -0.4 is 0 Å². The molecule has 8 heteroatoms. The Bertz CT molecular complexity index is 835. The van der Waals surface area contributed by atoms with Gasteiger partial charge in [0.2, 0.25) is 5.89 Å². The van der Waals surface area contributed by atoms with Gasteiger partial charge < -0.3 is 14.1 Å². The molecule has 29 heavy (non-hydrogen) atoms. The first-order chi connectivity index (χ1) is 14.1. The van der Waals surface area contributed by atoms with Crippen LogP contribution >= 0.6 is 11.3 Å². The number of thiophene rings is 1. The van der Waals surface area contributed by atoms with Crippen LogP contribution in [0.25, 0.3) is 10.8 Å². The van der Waals surface area contributed by atoms with E-state index >= 15 is 0 Å². The average molecular weight is 418 g/mol. The van der Waals surface area contributed by atoms with Gasteiger partial charge in [0.25, 0.3) is 11.8 Å². The second kappa shape index (κ2) is 9.07. The molecule has 2 aromatic rings. The lowest BCUT2D eigenvalue weighted by atomic mass is 9.86. The summed E-state index contributed by atoms with van der Waals surface area (Å²) in [6.45, 7) is 2.52. The maximum absolute atomic E-state index is 12.6. The maximum Gasteiger partial charge on any atom is 0.306 e. The van der Waals surface area contributed by atoms with Crippen LogP contribution in [0.2, 0.25) is 0 Å². The van der Waals surface area contributed by atoms with E-state index in [2.05, 4.69) is 10.2 Å². The largest absolute Gasteiger partial charge is 0.456 e. The van der Waals surface area contributed by atoms with E-state index in [-0.39, 0.29) is 25.0 Å². The Kier molecular flexibility index (Phi) is 6.28. The van der Waals surface area contributed by atoms with E-state index in [1.54, 1.807) is 4.90 Å². The predicted molar refractivity (Wildman–Crippen MR) is 108 cm³/mol. The molecule has 2 aliphatic rings. The first-order valence-corrected chi connectivity index (χ1v) is 11.3. The number of esters is 1. The summed E-state index contributed by atoms with van der Waals surface area (Å²) >= 11 is 1.52. The Morgan fingerprint density at radius 2 is 2.21 bits per heavy atom. The van der Waals surface area contributed by atoms with Gasteiger partial charge in [0.05, 0.1) is 11.4 Å². The number of fused-ring (bicyclic) bond motifs is 2. The number of hydrogen-bond acceptors (Lipinski definition) is 7. The fourth-order valence-corrected chi connectivity index (χ4v) is 5.32. The summed E-state index contributed by atoms with van der Waals surface area (Å²) in [4.78, 5) is 27.3. The molecule has 2 heterocycles. The van der Waals surface area contributed by atoms with Crippen LogP contribution in [0.3, 0.4) is 0 Å². The summed E-state index contributed by atoms with van der Waals surface area (Å²) in [6, 6.07) is 3.83. The Morgan fingerprint density at radius 1 is 1.31 bits per heavy atom. The van der Waals surface area contributed by atoms with Crippen molar-refractivity contribution in [2.75, 3.05) is 13.2 Å². The fourth-order valence-electron chi connectivity index (χ4n) is 4.68. The normalized spacial score (nSPS) is 22.7. The predicted octanol–water partition coefficient (Wildman–Crippen LogP) is 3.91. The number of ether oxygens (including phenoxy) is 1. The maximum atomic E-state index is 12.6. The number of amides is 1. The molecule has 156 valence electrons. The van der Waals surface area contributed by atoms with Crippen molar-refractivity contribution in [1.82, 2.24) is 15.1 Å². The molecule has 3 atom stereocenters. The highest BCUT2D eigenvalue weighted by Crippen LogP contribution is 2.49. The molecule has 3 unspecified atom stereocenters. The lowest BCUT2D eigenvalue weighted by Crippen LogP contribution is -2.35. The number of hydrogen-bond donors (Lipinski definition) is 0. The molecule has 0 spiro atoms. The van der Waals surface area contributed by atoms with Crippen molar-refractivity contribution in [3.05, 3.63) is 23.4 Å². The Balaban J connectivity index is 1.27. The molecular weight excluding hydrogens is 390 g/mol. The summed E-state index contributed by atoms with van der Waals surface area (Å²) in [5.74, 6) is 2.26. The third-order valence-corrected chi connectivity index (χ3v) is 6.90. The van der Waals surface area contributed by atoms with E-state index in [0.717, 1.165) is 23.6 Å². The molecule has 2 fully saturated rings. The van der Waals surface area contributed by atoms with Gasteiger partial charge in [0.15, 0.2) is 6.61 Å². The molecule has 0 aliphatic heterocycles. The standard InChI is InChI=1S/C21H27N3O4S/c1-2-7-24(12-18-22-23-21(28-18)17-4-3-8-29-17)19(25)13-27-20(26)11-16-10-14-5-6-15(16)9-14/h3-4,8,14-16H,2,5-7,9-13H2,1H3. The lowest BCUT2D eigenvalue weighted by Gasteiger charge is -2.22. The molecule has 2 bridgehead atoms. The van der Waals surface area contributed by atoms with Crippen molar-refractivity contribution >= 4 is 23.2 Å². The van der Waals surface area contributed by atoms with Gasteiger partial charge in [-0.1, -0.05) is 19.4 Å². The van der Waals surface area contributed by atoms with E-state index in [1.807, 2.05) is 24.4 Å². The first kappa shape index (κ1) is 20.1. The second-order valence-electron chi connectivity index (χ2n) is 8.09. The topological polar surface area (TPSA) is 85.5 Å². The first-order valence-electron chi connectivity index (χ1n) is 10.4. The molecule has 0 aromatic carbocycles. The third kappa shape index (κ3) is 4.86. The number of nitrogens with zero attached hydrogens (tertiary/aromatic N) is 3. The van der Waals surface area contributed by atoms with Crippen molar-refractivity contribution in [1.29, 1.82) is 0 Å². The molecule has 0 N–H and O–H groups in total. The molecule has 0 saturated heterocycles. The van der Waals surface area contributed by atoms with Gasteiger partial charge in [-0.3, -0.25) is 9.59 Å². The van der Waals surface area contributed by atoms with Crippen LogP contribution in [0.1, 0.15) is 51.3 Å². The highest BCUT2D eigenvalue weighted by Gasteiger charge is 2.40.